The highest BCUT2D eigenvalue weighted by Gasteiger charge is 2.01. The number of carbonyl (C=O) groups is 1. The fraction of sp³-hybridized carbons (Fsp3) is 0.214. The Bertz CT molecular complexity index is 487. The minimum atomic E-state index is -1.21. The summed E-state index contributed by atoms with van der Waals surface area (Å²) < 4.78 is 10.3. The highest BCUT2D eigenvalue weighted by molar-refractivity contribution is 5.79. The molecule has 1 aromatic rings. The molecule has 1 rings (SSSR count). The number of methoxy groups -OCH3 is 2. The van der Waals surface area contributed by atoms with Crippen molar-refractivity contribution in [1.29, 1.82) is 0 Å². The van der Waals surface area contributed by atoms with Crippen molar-refractivity contribution >= 4 is 12.0 Å². The fourth-order valence-corrected chi connectivity index (χ4v) is 1.41. The lowest BCUT2D eigenvalue weighted by atomic mass is 10.1. The summed E-state index contributed by atoms with van der Waals surface area (Å²) in [5.41, 5.74) is 1.43. The summed E-state index contributed by atoms with van der Waals surface area (Å²) in [6.45, 7) is 1.68. The third kappa shape index (κ3) is 3.97. The Morgan fingerprint density at radius 2 is 2.00 bits per heavy atom. The zero-order chi connectivity index (χ0) is 13.5. The van der Waals surface area contributed by atoms with Crippen molar-refractivity contribution in [2.45, 2.75) is 6.92 Å². The number of carboxylic acid groups (broad SMARTS) is 1. The van der Waals surface area contributed by atoms with E-state index >= 15 is 0 Å². The molecule has 0 spiro atoms. The van der Waals surface area contributed by atoms with Crippen LogP contribution in [0.15, 0.2) is 35.9 Å². The Morgan fingerprint density at radius 3 is 2.56 bits per heavy atom. The zero-order valence-electron chi connectivity index (χ0n) is 10.6. The van der Waals surface area contributed by atoms with E-state index in [0.29, 0.717) is 17.1 Å². The number of hydrogen-bond donors (Lipinski definition) is 0. The summed E-state index contributed by atoms with van der Waals surface area (Å²) in [4.78, 5) is 10.4. The van der Waals surface area contributed by atoms with Gasteiger partial charge in [0.05, 0.1) is 20.2 Å². The summed E-state index contributed by atoms with van der Waals surface area (Å²) in [7, 11) is 3.15. The van der Waals surface area contributed by atoms with Gasteiger partial charge in [-0.15, -0.1) is 0 Å². The lowest BCUT2D eigenvalue weighted by molar-refractivity contribution is -0.297. The van der Waals surface area contributed by atoms with E-state index < -0.39 is 5.97 Å². The van der Waals surface area contributed by atoms with E-state index in [9.17, 15) is 9.90 Å². The molecule has 4 nitrogen and oxygen atoms in total. The van der Waals surface area contributed by atoms with Crippen LogP contribution in [0.1, 0.15) is 12.5 Å². The van der Waals surface area contributed by atoms with Gasteiger partial charge in [-0.25, -0.2) is 0 Å². The normalized spacial score (nSPS) is 11.6. The molecule has 0 radical (unpaired) electrons. The van der Waals surface area contributed by atoms with Crippen LogP contribution in [0.25, 0.3) is 6.08 Å². The summed E-state index contributed by atoms with van der Waals surface area (Å²) in [5.74, 6) is 0.150. The fourth-order valence-electron chi connectivity index (χ4n) is 1.41. The number of carboxylic acids is 1. The highest BCUT2D eigenvalue weighted by Crippen LogP contribution is 2.25. The zero-order valence-corrected chi connectivity index (χ0v) is 10.6. The van der Waals surface area contributed by atoms with E-state index in [1.807, 2.05) is 6.07 Å². The van der Waals surface area contributed by atoms with Gasteiger partial charge in [-0.3, -0.25) is 0 Å². The van der Waals surface area contributed by atoms with Gasteiger partial charge in [-0.2, -0.15) is 0 Å². The number of allylic oxidation sites excluding steroid dienone is 2. The van der Waals surface area contributed by atoms with Gasteiger partial charge < -0.3 is 19.4 Å². The Hall–Kier alpha value is -2.23. The van der Waals surface area contributed by atoms with Gasteiger partial charge in [0, 0.05) is 11.6 Å². The van der Waals surface area contributed by atoms with Gasteiger partial charge in [0.2, 0.25) is 0 Å². The maximum absolute atomic E-state index is 10.4. The summed E-state index contributed by atoms with van der Waals surface area (Å²) in [6.07, 6.45) is 4.49. The lowest BCUT2D eigenvalue weighted by Gasteiger charge is -2.07. The average molecular weight is 247 g/mol. The first-order valence-electron chi connectivity index (χ1n) is 5.36. The van der Waals surface area contributed by atoms with Crippen molar-refractivity contribution < 1.29 is 19.4 Å². The average Bonchev–Trinajstić information content (AvgIpc) is 2.35. The van der Waals surface area contributed by atoms with Crippen molar-refractivity contribution in [3.63, 3.8) is 0 Å². The van der Waals surface area contributed by atoms with Crippen LogP contribution >= 0.6 is 0 Å². The van der Waals surface area contributed by atoms with E-state index in [0.717, 1.165) is 11.6 Å². The first-order chi connectivity index (χ1) is 8.56. The molecule has 18 heavy (non-hydrogen) atoms. The minimum absolute atomic E-state index is 0.591. The molecule has 0 heterocycles. The minimum Gasteiger partial charge on any atom is -0.545 e. The van der Waals surface area contributed by atoms with Gasteiger partial charge >= 0.3 is 0 Å². The molecule has 0 atom stereocenters. The van der Waals surface area contributed by atoms with Crippen molar-refractivity contribution in [3.8, 4) is 11.5 Å². The Kier molecular flexibility index (Phi) is 4.99. The first-order valence-corrected chi connectivity index (χ1v) is 5.36. The van der Waals surface area contributed by atoms with Crippen LogP contribution < -0.4 is 14.6 Å². The smallest absolute Gasteiger partial charge is 0.129 e. The summed E-state index contributed by atoms with van der Waals surface area (Å²) in [6, 6.07) is 5.40. The van der Waals surface area contributed by atoms with Crippen molar-refractivity contribution in [3.05, 3.63) is 41.5 Å². The second kappa shape index (κ2) is 6.49. The molecule has 0 saturated heterocycles. The predicted molar refractivity (Wildman–Crippen MR) is 67.3 cm³/mol. The van der Waals surface area contributed by atoms with E-state index in [2.05, 4.69) is 0 Å². The maximum atomic E-state index is 10.4. The molecule has 0 fully saturated rings. The largest absolute Gasteiger partial charge is 0.545 e. The lowest BCUT2D eigenvalue weighted by Crippen LogP contribution is -2.19. The molecule has 1 aromatic carbocycles. The summed E-state index contributed by atoms with van der Waals surface area (Å²) in [5, 5.41) is 10.4. The molecule has 4 heteroatoms. The van der Waals surface area contributed by atoms with Crippen LogP contribution in [0, 0.1) is 0 Å². The number of carbonyl (C=O) groups excluding carboxylic acids is 1. The number of hydrogen-bond acceptors (Lipinski definition) is 4. The highest BCUT2D eigenvalue weighted by atomic mass is 16.5. The van der Waals surface area contributed by atoms with Crippen LogP contribution in [0.5, 0.6) is 11.5 Å². The second-order valence-corrected chi connectivity index (χ2v) is 3.65. The van der Waals surface area contributed by atoms with E-state index in [4.69, 9.17) is 9.47 Å². The third-order valence-electron chi connectivity index (χ3n) is 2.31. The molecule has 96 valence electrons. The van der Waals surface area contributed by atoms with Crippen LogP contribution in [0.2, 0.25) is 0 Å². The molecule has 0 aromatic heterocycles. The van der Waals surface area contributed by atoms with Crippen molar-refractivity contribution in [2.75, 3.05) is 14.2 Å². The third-order valence-corrected chi connectivity index (χ3v) is 2.31. The topological polar surface area (TPSA) is 58.6 Å². The molecule has 0 aliphatic carbocycles. The van der Waals surface area contributed by atoms with Gasteiger partial charge in [0.25, 0.3) is 0 Å². The quantitative estimate of drug-likeness (QED) is 0.583. The Labute approximate surface area is 106 Å². The molecular formula is C14H15O4-. The number of aliphatic carboxylic acids is 1. The first kappa shape index (κ1) is 13.8. The van der Waals surface area contributed by atoms with Crippen molar-refractivity contribution in [1.82, 2.24) is 0 Å². The van der Waals surface area contributed by atoms with E-state index in [1.54, 1.807) is 45.4 Å². The summed E-state index contributed by atoms with van der Waals surface area (Å²) >= 11 is 0. The van der Waals surface area contributed by atoms with Gasteiger partial charge in [0.15, 0.2) is 0 Å². The molecule has 0 aliphatic heterocycles. The van der Waals surface area contributed by atoms with E-state index in [-0.39, 0.29) is 0 Å². The van der Waals surface area contributed by atoms with Crippen LogP contribution in [-0.2, 0) is 4.79 Å². The Balaban J connectivity index is 2.97. The molecule has 0 bridgehead atoms. The molecule has 0 saturated carbocycles. The molecule has 0 aliphatic rings. The number of ether oxygens (including phenoxy) is 2. The van der Waals surface area contributed by atoms with E-state index in [1.165, 1.54) is 0 Å². The van der Waals surface area contributed by atoms with Crippen LogP contribution in [0.4, 0.5) is 0 Å². The molecule has 0 unspecified atom stereocenters. The van der Waals surface area contributed by atoms with Crippen LogP contribution in [-0.4, -0.2) is 20.2 Å². The second-order valence-electron chi connectivity index (χ2n) is 3.65. The molecular weight excluding hydrogens is 232 g/mol. The number of rotatable bonds is 5. The van der Waals surface area contributed by atoms with Gasteiger partial charge in [-0.1, -0.05) is 12.2 Å². The molecule has 0 amide bonds. The SMILES string of the molecule is COc1ccc(C=CC(C)=CC(=O)[O-])c(OC)c1. The van der Waals surface area contributed by atoms with Gasteiger partial charge in [0.1, 0.15) is 11.5 Å². The van der Waals surface area contributed by atoms with Gasteiger partial charge in [-0.05, 0) is 30.7 Å². The van der Waals surface area contributed by atoms with Crippen molar-refractivity contribution in [2.24, 2.45) is 0 Å². The van der Waals surface area contributed by atoms with Crippen LogP contribution in [0.3, 0.4) is 0 Å². The Morgan fingerprint density at radius 1 is 1.28 bits per heavy atom. The standard InChI is InChI=1S/C14H16O4/c1-10(8-14(15)16)4-5-11-6-7-12(17-2)9-13(11)18-3/h4-9H,1-3H3,(H,15,16)/p-1. The maximum Gasteiger partial charge on any atom is 0.129 e. The molecule has 0 N–H and O–H groups in total. The monoisotopic (exact) mass is 247 g/mol. The predicted octanol–water partition coefficient (Wildman–Crippen LogP) is 1.41. The number of benzene rings is 1.